The molecule has 0 saturated carbocycles. The number of esters is 1. The quantitative estimate of drug-likeness (QED) is 0.277. The number of aromatic nitrogens is 1. The number of ether oxygens (including phenoxy) is 1. The number of nitrogens with one attached hydrogen (secondary N) is 1. The minimum absolute atomic E-state index is 0.302. The smallest absolute Gasteiger partial charge is 0.324 e. The lowest BCUT2D eigenvalue weighted by molar-refractivity contribution is -0.146. The van der Waals surface area contributed by atoms with Gasteiger partial charge in [0.15, 0.2) is 5.41 Å². The number of carbonyl (C=O) groups is 1. The topological polar surface area (TPSA) is 43.3 Å². The summed E-state index contributed by atoms with van der Waals surface area (Å²) in [6, 6.07) is 32.0. The monoisotopic (exact) mass is 466 g/mol. The summed E-state index contributed by atoms with van der Waals surface area (Å²) in [6.07, 6.45) is 2.07. The maximum atomic E-state index is 14.1. The van der Waals surface area contributed by atoms with Gasteiger partial charge in [-0.1, -0.05) is 72.8 Å². The molecule has 5 rings (SSSR count). The van der Waals surface area contributed by atoms with Crippen LogP contribution in [0, 0.1) is 0 Å². The summed E-state index contributed by atoms with van der Waals surface area (Å²) in [7, 11) is 3.49. The zero-order chi connectivity index (χ0) is 23.5. The Morgan fingerprint density at radius 3 is 2.26 bits per heavy atom. The number of methoxy groups -OCH3 is 1. The molecule has 0 bridgehead atoms. The predicted octanol–water partition coefficient (Wildman–Crippen LogP) is 6.55. The highest BCUT2D eigenvalue weighted by Gasteiger charge is 2.53. The molecule has 0 fully saturated rings. The molecule has 2 heterocycles. The molecule has 0 saturated heterocycles. The molecule has 3 aromatic carbocycles. The number of para-hydroxylation sites is 2. The van der Waals surface area contributed by atoms with E-state index in [1.165, 1.54) is 7.11 Å². The average Bonchev–Trinajstić information content (AvgIpc) is 3.54. The number of thiophene rings is 1. The molecular weight excluding hydrogens is 440 g/mol. The van der Waals surface area contributed by atoms with E-state index in [0.29, 0.717) is 0 Å². The summed E-state index contributed by atoms with van der Waals surface area (Å²) < 4.78 is 7.69. The van der Waals surface area contributed by atoms with Crippen molar-refractivity contribution in [3.8, 4) is 0 Å². The van der Waals surface area contributed by atoms with E-state index >= 15 is 0 Å². The molecule has 4 nitrogen and oxygen atoms in total. The van der Waals surface area contributed by atoms with Crippen molar-refractivity contribution in [1.82, 2.24) is 4.57 Å². The van der Waals surface area contributed by atoms with Crippen LogP contribution in [0.25, 0.3) is 10.9 Å². The molecule has 5 heteroatoms. The Morgan fingerprint density at radius 2 is 1.59 bits per heavy atom. The van der Waals surface area contributed by atoms with E-state index in [9.17, 15) is 4.79 Å². The second kappa shape index (κ2) is 9.20. The first-order chi connectivity index (χ1) is 16.7. The van der Waals surface area contributed by atoms with E-state index in [1.807, 2.05) is 85.2 Å². The van der Waals surface area contributed by atoms with Crippen molar-refractivity contribution >= 4 is 33.9 Å². The molecule has 0 radical (unpaired) electrons. The van der Waals surface area contributed by atoms with Gasteiger partial charge in [0.2, 0.25) is 0 Å². The number of hydrogen-bond acceptors (Lipinski definition) is 4. The lowest BCUT2D eigenvalue weighted by Crippen LogP contribution is -2.46. The van der Waals surface area contributed by atoms with Crippen LogP contribution in [0.4, 0.5) is 5.69 Å². The summed E-state index contributed by atoms with van der Waals surface area (Å²) in [5.41, 5.74) is 2.78. The maximum Gasteiger partial charge on any atom is 0.324 e. The van der Waals surface area contributed by atoms with Gasteiger partial charge in [0, 0.05) is 40.3 Å². The SMILES string of the molecule is COC(=O)[C@](c1cccs1)(c1cn(C)c2ccccc12)[C@H](Nc1ccccc1)c1ccccc1. The van der Waals surface area contributed by atoms with Crippen LogP contribution in [0.15, 0.2) is 109 Å². The van der Waals surface area contributed by atoms with Gasteiger partial charge in [-0.15, -0.1) is 11.3 Å². The van der Waals surface area contributed by atoms with Gasteiger partial charge in [0.1, 0.15) is 0 Å². The third-order valence-electron chi connectivity index (χ3n) is 6.39. The number of carbonyl (C=O) groups excluding carboxylic acids is 1. The first-order valence-corrected chi connectivity index (χ1v) is 12.1. The number of rotatable bonds is 7. The Balaban J connectivity index is 1.88. The van der Waals surface area contributed by atoms with E-state index in [4.69, 9.17) is 4.74 Å². The summed E-state index contributed by atoms with van der Waals surface area (Å²) in [5.74, 6) is -0.302. The van der Waals surface area contributed by atoms with Gasteiger partial charge in [0.25, 0.3) is 0 Å². The second-order valence-electron chi connectivity index (χ2n) is 8.30. The predicted molar refractivity (Wildman–Crippen MR) is 139 cm³/mol. The molecule has 2 atom stereocenters. The van der Waals surface area contributed by atoms with Crippen molar-refractivity contribution < 1.29 is 9.53 Å². The molecule has 34 heavy (non-hydrogen) atoms. The van der Waals surface area contributed by atoms with Crippen LogP contribution in [-0.4, -0.2) is 17.6 Å². The third-order valence-corrected chi connectivity index (χ3v) is 7.39. The molecule has 5 aromatic rings. The van der Waals surface area contributed by atoms with E-state index in [0.717, 1.165) is 32.6 Å². The number of nitrogens with zero attached hydrogens (tertiary/aromatic N) is 1. The molecule has 170 valence electrons. The highest BCUT2D eigenvalue weighted by Crippen LogP contribution is 2.50. The zero-order valence-corrected chi connectivity index (χ0v) is 20.0. The number of benzene rings is 3. The normalized spacial score (nSPS) is 13.8. The van der Waals surface area contributed by atoms with E-state index in [1.54, 1.807) is 11.3 Å². The fourth-order valence-corrected chi connectivity index (χ4v) is 5.82. The van der Waals surface area contributed by atoms with Gasteiger partial charge >= 0.3 is 5.97 Å². The minimum Gasteiger partial charge on any atom is -0.468 e. The van der Waals surface area contributed by atoms with E-state index in [-0.39, 0.29) is 5.97 Å². The van der Waals surface area contributed by atoms with Gasteiger partial charge in [-0.05, 0) is 35.2 Å². The lowest BCUT2D eigenvalue weighted by Gasteiger charge is -2.39. The van der Waals surface area contributed by atoms with Crippen molar-refractivity contribution in [2.24, 2.45) is 7.05 Å². The lowest BCUT2D eigenvalue weighted by atomic mass is 9.70. The summed E-state index contributed by atoms with van der Waals surface area (Å²) in [4.78, 5) is 15.0. The summed E-state index contributed by atoms with van der Waals surface area (Å²) >= 11 is 1.57. The van der Waals surface area contributed by atoms with Crippen LogP contribution in [0.1, 0.15) is 22.0 Å². The molecule has 0 amide bonds. The molecule has 0 spiro atoms. The fourth-order valence-electron chi connectivity index (χ4n) is 4.87. The van der Waals surface area contributed by atoms with Crippen molar-refractivity contribution in [2.45, 2.75) is 11.5 Å². The second-order valence-corrected chi connectivity index (χ2v) is 9.25. The van der Waals surface area contributed by atoms with Gasteiger partial charge in [-0.3, -0.25) is 4.79 Å². The van der Waals surface area contributed by atoms with Crippen LogP contribution in [-0.2, 0) is 22.0 Å². The van der Waals surface area contributed by atoms with Crippen molar-refractivity contribution in [3.63, 3.8) is 0 Å². The van der Waals surface area contributed by atoms with Gasteiger partial charge in [-0.2, -0.15) is 0 Å². The van der Waals surface area contributed by atoms with Crippen LogP contribution >= 0.6 is 11.3 Å². The zero-order valence-electron chi connectivity index (χ0n) is 19.1. The number of aryl methyl sites for hydroxylation is 1. The van der Waals surface area contributed by atoms with Crippen LogP contribution < -0.4 is 5.32 Å². The summed E-state index contributed by atoms with van der Waals surface area (Å²) in [5, 5.41) is 6.75. The van der Waals surface area contributed by atoms with Crippen molar-refractivity contribution in [1.29, 1.82) is 0 Å². The maximum absolute atomic E-state index is 14.1. The average molecular weight is 467 g/mol. The molecule has 0 unspecified atom stereocenters. The van der Waals surface area contributed by atoms with Crippen LogP contribution in [0.3, 0.4) is 0 Å². The molecule has 1 N–H and O–H groups in total. The van der Waals surface area contributed by atoms with E-state index in [2.05, 4.69) is 40.3 Å². The van der Waals surface area contributed by atoms with Gasteiger partial charge in [-0.25, -0.2) is 0 Å². The standard InChI is InChI=1S/C29H26N2O2S/c1-31-20-24(23-16-9-10-17-25(23)31)29(28(32)33-2,26-18-11-19-34-26)27(21-12-5-3-6-13-21)30-22-14-7-4-8-15-22/h3-20,27,30H,1-2H3/t27-,29+/m1/s1. The Hall–Kier alpha value is -3.83. The van der Waals surface area contributed by atoms with Crippen molar-refractivity contribution in [2.75, 3.05) is 12.4 Å². The van der Waals surface area contributed by atoms with Crippen LogP contribution in [0.5, 0.6) is 0 Å². The highest BCUT2D eigenvalue weighted by molar-refractivity contribution is 7.10. The number of hydrogen-bond donors (Lipinski definition) is 1. The first kappa shape index (κ1) is 22.0. The molecule has 2 aromatic heterocycles. The van der Waals surface area contributed by atoms with Crippen molar-refractivity contribution in [3.05, 3.63) is 125 Å². The molecule has 0 aliphatic heterocycles. The Bertz CT molecular complexity index is 1390. The van der Waals surface area contributed by atoms with Gasteiger partial charge in [0.05, 0.1) is 13.2 Å². The van der Waals surface area contributed by atoms with E-state index < -0.39 is 11.5 Å². The fraction of sp³-hybridized carbons (Fsp3) is 0.138. The largest absolute Gasteiger partial charge is 0.468 e. The number of anilines is 1. The molecular formula is C29H26N2O2S. The van der Waals surface area contributed by atoms with Crippen LogP contribution in [0.2, 0.25) is 0 Å². The number of fused-ring (bicyclic) bond motifs is 1. The Morgan fingerprint density at radius 1 is 0.912 bits per heavy atom. The first-order valence-electron chi connectivity index (χ1n) is 11.2. The molecule has 0 aliphatic rings. The summed E-state index contributed by atoms with van der Waals surface area (Å²) in [6.45, 7) is 0. The Kier molecular flexibility index (Phi) is 5.95. The molecule has 0 aliphatic carbocycles. The Labute approximate surface area is 203 Å². The highest BCUT2D eigenvalue weighted by atomic mass is 32.1. The minimum atomic E-state index is -1.12. The third kappa shape index (κ3) is 3.58. The van der Waals surface area contributed by atoms with Gasteiger partial charge < -0.3 is 14.6 Å².